The molecule has 27 heavy (non-hydrogen) atoms. The third-order valence-electron chi connectivity index (χ3n) is 4.76. The monoisotopic (exact) mass is 392 g/mol. The highest BCUT2D eigenvalue weighted by Crippen LogP contribution is 2.29. The number of carbonyl (C=O) groups is 1. The Balaban J connectivity index is 1.75. The van der Waals surface area contributed by atoms with Crippen LogP contribution in [0.5, 0.6) is 5.75 Å². The molecule has 1 aliphatic rings. The summed E-state index contributed by atoms with van der Waals surface area (Å²) in [6, 6.07) is 7.23. The number of ether oxygens (including phenoxy) is 1. The number of hydrogen-bond acceptors (Lipinski definition) is 6. The van der Waals surface area contributed by atoms with E-state index in [1.54, 1.807) is 19.1 Å². The molecule has 1 aromatic heterocycles. The third kappa shape index (κ3) is 4.02. The number of Topliss-reactive ketones (excluding diaryl/α,β-unsaturated/α-hetero) is 1. The highest BCUT2D eigenvalue weighted by molar-refractivity contribution is 7.91. The van der Waals surface area contributed by atoms with Gasteiger partial charge in [-0.1, -0.05) is 6.07 Å². The van der Waals surface area contributed by atoms with Gasteiger partial charge >= 0.3 is 0 Å². The molecule has 1 aromatic carbocycles. The van der Waals surface area contributed by atoms with Crippen LogP contribution in [0, 0.1) is 24.0 Å². The standard InChI is InChI=1S/C18H20N2O6S/c1-12-8-17(13(2)19(12)15-6-7-27(24,25)11-15)18(21)10-26-16-5-3-4-14(9-16)20(22)23/h3-5,8-9,15H,6-7,10-11H2,1-2H3/t15-/m0/s1. The second-order valence-electron chi connectivity index (χ2n) is 6.68. The van der Waals surface area contributed by atoms with Gasteiger partial charge in [-0.2, -0.15) is 0 Å². The van der Waals surface area contributed by atoms with Gasteiger partial charge in [0.25, 0.3) is 5.69 Å². The van der Waals surface area contributed by atoms with Gasteiger partial charge in [0.15, 0.2) is 16.4 Å². The molecule has 2 aromatic rings. The molecule has 3 rings (SSSR count). The number of aromatic nitrogens is 1. The number of nitro benzene ring substituents is 1. The molecule has 0 N–H and O–H groups in total. The van der Waals surface area contributed by atoms with Crippen molar-refractivity contribution in [1.82, 2.24) is 4.57 Å². The Bertz CT molecular complexity index is 1010. The Labute approximate surface area is 156 Å². The number of nitro groups is 1. The first-order valence-electron chi connectivity index (χ1n) is 8.47. The lowest BCUT2D eigenvalue weighted by molar-refractivity contribution is -0.384. The SMILES string of the molecule is Cc1cc(C(=O)COc2cccc([N+](=O)[O-])c2)c(C)n1[C@H]1CCS(=O)(=O)C1. The fourth-order valence-corrected chi connectivity index (χ4v) is 5.21. The van der Waals surface area contributed by atoms with E-state index in [0.717, 1.165) is 5.69 Å². The molecule has 0 amide bonds. The number of nitrogens with zero attached hydrogens (tertiary/aromatic N) is 2. The minimum atomic E-state index is -3.03. The molecule has 9 heteroatoms. The summed E-state index contributed by atoms with van der Waals surface area (Å²) in [5.74, 6) is 0.227. The Morgan fingerprint density at radius 2 is 2.07 bits per heavy atom. The summed E-state index contributed by atoms with van der Waals surface area (Å²) in [4.78, 5) is 22.9. The average molecular weight is 392 g/mol. The van der Waals surface area contributed by atoms with Gasteiger partial charge in [0.1, 0.15) is 5.75 Å². The van der Waals surface area contributed by atoms with E-state index in [-0.39, 0.29) is 41.4 Å². The van der Waals surface area contributed by atoms with Crippen LogP contribution < -0.4 is 4.74 Å². The molecule has 0 unspecified atom stereocenters. The average Bonchev–Trinajstić information content (AvgIpc) is 3.11. The minimum Gasteiger partial charge on any atom is -0.485 e. The van der Waals surface area contributed by atoms with Crippen molar-refractivity contribution >= 4 is 21.3 Å². The summed E-state index contributed by atoms with van der Waals surface area (Å²) in [6.45, 7) is 3.38. The van der Waals surface area contributed by atoms with Gasteiger partial charge in [0.05, 0.1) is 22.5 Å². The van der Waals surface area contributed by atoms with Gasteiger partial charge in [-0.25, -0.2) is 8.42 Å². The smallest absolute Gasteiger partial charge is 0.273 e. The van der Waals surface area contributed by atoms with Crippen molar-refractivity contribution in [3.63, 3.8) is 0 Å². The highest BCUT2D eigenvalue weighted by Gasteiger charge is 2.31. The Morgan fingerprint density at radius 3 is 2.70 bits per heavy atom. The first kappa shape index (κ1) is 19.1. The minimum absolute atomic E-state index is 0.0845. The molecule has 0 radical (unpaired) electrons. The zero-order valence-electron chi connectivity index (χ0n) is 15.0. The molecule has 2 heterocycles. The zero-order chi connectivity index (χ0) is 19.8. The van der Waals surface area contributed by atoms with Crippen molar-refractivity contribution in [1.29, 1.82) is 0 Å². The van der Waals surface area contributed by atoms with Crippen molar-refractivity contribution in [2.45, 2.75) is 26.3 Å². The molecular formula is C18H20N2O6S. The van der Waals surface area contributed by atoms with E-state index < -0.39 is 14.8 Å². The lowest BCUT2D eigenvalue weighted by Crippen LogP contribution is -2.16. The van der Waals surface area contributed by atoms with E-state index in [0.29, 0.717) is 17.7 Å². The summed E-state index contributed by atoms with van der Waals surface area (Å²) >= 11 is 0. The fraction of sp³-hybridized carbons (Fsp3) is 0.389. The van der Waals surface area contributed by atoms with Crippen LogP contribution in [-0.2, 0) is 9.84 Å². The van der Waals surface area contributed by atoms with Crippen LogP contribution in [0.1, 0.15) is 34.2 Å². The van der Waals surface area contributed by atoms with Crippen molar-refractivity contribution < 1.29 is 22.9 Å². The summed E-state index contributed by atoms with van der Waals surface area (Å²) in [5.41, 5.74) is 1.90. The van der Waals surface area contributed by atoms with Crippen LogP contribution in [-0.4, -0.2) is 41.8 Å². The second-order valence-corrected chi connectivity index (χ2v) is 8.91. The first-order chi connectivity index (χ1) is 12.7. The maximum Gasteiger partial charge on any atom is 0.273 e. The molecule has 0 aliphatic carbocycles. The van der Waals surface area contributed by atoms with E-state index in [9.17, 15) is 23.3 Å². The molecule has 0 saturated carbocycles. The van der Waals surface area contributed by atoms with Gasteiger partial charge in [-0.3, -0.25) is 14.9 Å². The highest BCUT2D eigenvalue weighted by atomic mass is 32.2. The second kappa shape index (κ2) is 7.15. The van der Waals surface area contributed by atoms with Crippen molar-refractivity contribution in [2.24, 2.45) is 0 Å². The number of aryl methyl sites for hydroxylation is 1. The number of non-ortho nitro benzene ring substituents is 1. The number of ketones is 1. The maximum absolute atomic E-state index is 12.6. The van der Waals surface area contributed by atoms with Gasteiger partial charge in [-0.15, -0.1) is 0 Å². The fourth-order valence-electron chi connectivity index (χ4n) is 3.51. The van der Waals surface area contributed by atoms with Crippen molar-refractivity contribution in [2.75, 3.05) is 18.1 Å². The van der Waals surface area contributed by atoms with E-state index in [1.165, 1.54) is 18.2 Å². The van der Waals surface area contributed by atoms with E-state index in [2.05, 4.69) is 0 Å². The lowest BCUT2D eigenvalue weighted by atomic mass is 10.1. The molecule has 8 nitrogen and oxygen atoms in total. The van der Waals surface area contributed by atoms with Gasteiger partial charge in [0, 0.05) is 29.1 Å². The Morgan fingerprint density at radius 1 is 1.33 bits per heavy atom. The van der Waals surface area contributed by atoms with Gasteiger partial charge in [-0.05, 0) is 32.4 Å². The number of sulfone groups is 1. The van der Waals surface area contributed by atoms with Crippen LogP contribution >= 0.6 is 0 Å². The van der Waals surface area contributed by atoms with Crippen LogP contribution in [0.25, 0.3) is 0 Å². The van der Waals surface area contributed by atoms with Crippen LogP contribution in [0.4, 0.5) is 5.69 Å². The number of hydrogen-bond donors (Lipinski definition) is 0. The molecule has 144 valence electrons. The van der Waals surface area contributed by atoms with Crippen LogP contribution in [0.2, 0.25) is 0 Å². The Kier molecular flexibility index (Phi) is 5.05. The zero-order valence-corrected chi connectivity index (χ0v) is 15.9. The summed E-state index contributed by atoms with van der Waals surface area (Å²) < 4.78 is 30.9. The van der Waals surface area contributed by atoms with Crippen LogP contribution in [0.15, 0.2) is 30.3 Å². The summed E-state index contributed by atoms with van der Waals surface area (Å²) in [7, 11) is -3.03. The van der Waals surface area contributed by atoms with Gasteiger partial charge < -0.3 is 9.30 Å². The van der Waals surface area contributed by atoms with Crippen molar-refractivity contribution in [3.05, 3.63) is 57.4 Å². The van der Waals surface area contributed by atoms with E-state index in [1.807, 2.05) is 11.5 Å². The van der Waals surface area contributed by atoms with Gasteiger partial charge in [0.2, 0.25) is 5.78 Å². The quantitative estimate of drug-likeness (QED) is 0.425. The molecule has 1 aliphatic heterocycles. The number of rotatable bonds is 6. The van der Waals surface area contributed by atoms with Crippen LogP contribution in [0.3, 0.4) is 0 Å². The largest absolute Gasteiger partial charge is 0.485 e. The normalized spacial score (nSPS) is 18.4. The first-order valence-corrected chi connectivity index (χ1v) is 10.3. The molecule has 0 bridgehead atoms. The van der Waals surface area contributed by atoms with E-state index >= 15 is 0 Å². The molecule has 1 atom stereocenters. The summed E-state index contributed by atoms with van der Waals surface area (Å²) in [6.07, 6.45) is 0.538. The molecule has 1 fully saturated rings. The predicted molar refractivity (Wildman–Crippen MR) is 99.1 cm³/mol. The lowest BCUT2D eigenvalue weighted by Gasteiger charge is -2.16. The number of carbonyl (C=O) groups excluding carboxylic acids is 1. The molecular weight excluding hydrogens is 372 g/mol. The molecule has 0 spiro atoms. The number of benzene rings is 1. The third-order valence-corrected chi connectivity index (χ3v) is 6.51. The summed E-state index contributed by atoms with van der Waals surface area (Å²) in [5, 5.41) is 10.8. The topological polar surface area (TPSA) is 109 Å². The predicted octanol–water partition coefficient (Wildman–Crippen LogP) is 2.63. The van der Waals surface area contributed by atoms with Crippen molar-refractivity contribution in [3.8, 4) is 5.75 Å². The van der Waals surface area contributed by atoms with E-state index in [4.69, 9.17) is 4.74 Å². The maximum atomic E-state index is 12.6. The molecule has 1 saturated heterocycles. The Hall–Kier alpha value is -2.68.